The van der Waals surface area contributed by atoms with Crippen LogP contribution in [0.3, 0.4) is 0 Å². The van der Waals surface area contributed by atoms with Gasteiger partial charge in [-0.2, -0.15) is 0 Å². The Morgan fingerprint density at radius 1 is 1.56 bits per heavy atom. The molecule has 4 nitrogen and oxygen atoms in total. The highest BCUT2D eigenvalue weighted by atomic mass is 16.5. The summed E-state index contributed by atoms with van der Waals surface area (Å²) >= 11 is 0. The first kappa shape index (κ1) is 13.5. The third kappa shape index (κ3) is 3.19. The van der Waals surface area contributed by atoms with Gasteiger partial charge in [-0.1, -0.05) is 13.3 Å². The predicted octanol–water partition coefficient (Wildman–Crippen LogP) is 1.78. The smallest absolute Gasteiger partial charge is 0.311 e. The summed E-state index contributed by atoms with van der Waals surface area (Å²) in [5, 5.41) is 9.35. The highest BCUT2D eigenvalue weighted by Crippen LogP contribution is 2.32. The Morgan fingerprint density at radius 3 is 2.75 bits per heavy atom. The number of carbonyl (C=O) groups is 1. The van der Waals surface area contributed by atoms with Gasteiger partial charge in [-0.05, 0) is 32.1 Å². The number of hydrogen-bond donors (Lipinski definition) is 2. The summed E-state index contributed by atoms with van der Waals surface area (Å²) in [6.45, 7) is 2.96. The SMILES string of the molecule is CCCC(CN)(CC1CCCCO1)C(=O)O. The van der Waals surface area contributed by atoms with Gasteiger partial charge in [0.25, 0.3) is 0 Å². The van der Waals surface area contributed by atoms with Gasteiger partial charge in [0.2, 0.25) is 0 Å². The fourth-order valence-corrected chi connectivity index (χ4v) is 2.45. The lowest BCUT2D eigenvalue weighted by molar-refractivity contribution is -0.152. The lowest BCUT2D eigenvalue weighted by Gasteiger charge is -2.33. The van der Waals surface area contributed by atoms with Crippen LogP contribution in [0.1, 0.15) is 45.4 Å². The van der Waals surface area contributed by atoms with E-state index in [0.29, 0.717) is 12.8 Å². The van der Waals surface area contributed by atoms with Crippen LogP contribution in [-0.2, 0) is 9.53 Å². The zero-order valence-electron chi connectivity index (χ0n) is 10.1. The van der Waals surface area contributed by atoms with Crippen LogP contribution in [0.25, 0.3) is 0 Å². The largest absolute Gasteiger partial charge is 0.481 e. The van der Waals surface area contributed by atoms with Gasteiger partial charge in [-0.3, -0.25) is 4.79 Å². The lowest BCUT2D eigenvalue weighted by Crippen LogP contribution is -2.42. The highest BCUT2D eigenvalue weighted by Gasteiger charge is 2.39. The zero-order chi connectivity index (χ0) is 12.0. The van der Waals surface area contributed by atoms with Gasteiger partial charge < -0.3 is 15.6 Å². The van der Waals surface area contributed by atoms with Crippen molar-refractivity contribution in [3.8, 4) is 0 Å². The summed E-state index contributed by atoms with van der Waals surface area (Å²) in [5.41, 5.74) is 4.89. The molecule has 0 aromatic carbocycles. The van der Waals surface area contributed by atoms with Crippen molar-refractivity contribution in [2.45, 2.75) is 51.6 Å². The Hall–Kier alpha value is -0.610. The van der Waals surface area contributed by atoms with E-state index >= 15 is 0 Å². The molecule has 94 valence electrons. The molecule has 0 saturated carbocycles. The molecule has 1 aliphatic heterocycles. The molecule has 0 aromatic rings. The van der Waals surface area contributed by atoms with E-state index in [1.165, 1.54) is 0 Å². The summed E-state index contributed by atoms with van der Waals surface area (Å²) in [4.78, 5) is 11.4. The van der Waals surface area contributed by atoms with E-state index in [9.17, 15) is 9.90 Å². The first-order valence-corrected chi connectivity index (χ1v) is 6.19. The lowest BCUT2D eigenvalue weighted by atomic mass is 9.77. The van der Waals surface area contributed by atoms with Gasteiger partial charge in [-0.15, -0.1) is 0 Å². The number of carboxylic acids is 1. The van der Waals surface area contributed by atoms with E-state index in [-0.39, 0.29) is 12.6 Å². The van der Waals surface area contributed by atoms with Crippen LogP contribution in [-0.4, -0.2) is 30.3 Å². The molecule has 1 saturated heterocycles. The number of hydrogen-bond acceptors (Lipinski definition) is 3. The maximum atomic E-state index is 11.4. The highest BCUT2D eigenvalue weighted by molar-refractivity contribution is 5.75. The molecule has 4 heteroatoms. The summed E-state index contributed by atoms with van der Waals surface area (Å²) in [6, 6.07) is 0. The van der Waals surface area contributed by atoms with E-state index in [4.69, 9.17) is 10.5 Å². The van der Waals surface area contributed by atoms with Crippen molar-refractivity contribution in [3.63, 3.8) is 0 Å². The minimum Gasteiger partial charge on any atom is -0.481 e. The average Bonchev–Trinajstić information content (AvgIpc) is 2.29. The van der Waals surface area contributed by atoms with Gasteiger partial charge in [0.1, 0.15) is 0 Å². The maximum Gasteiger partial charge on any atom is 0.311 e. The topological polar surface area (TPSA) is 72.5 Å². The van der Waals surface area contributed by atoms with E-state index in [0.717, 1.165) is 32.3 Å². The van der Waals surface area contributed by atoms with Gasteiger partial charge in [0, 0.05) is 13.2 Å². The molecule has 0 bridgehead atoms. The summed E-state index contributed by atoms with van der Waals surface area (Å²) < 4.78 is 5.61. The predicted molar refractivity (Wildman–Crippen MR) is 62.2 cm³/mol. The van der Waals surface area contributed by atoms with Crippen molar-refractivity contribution in [2.24, 2.45) is 11.1 Å². The van der Waals surface area contributed by atoms with Crippen molar-refractivity contribution < 1.29 is 14.6 Å². The van der Waals surface area contributed by atoms with E-state index < -0.39 is 11.4 Å². The zero-order valence-corrected chi connectivity index (χ0v) is 10.1. The summed E-state index contributed by atoms with van der Waals surface area (Å²) in [5.74, 6) is -0.772. The van der Waals surface area contributed by atoms with Crippen LogP contribution >= 0.6 is 0 Å². The molecule has 0 aromatic heterocycles. The second kappa shape index (κ2) is 6.21. The Labute approximate surface area is 97.2 Å². The van der Waals surface area contributed by atoms with Crippen molar-refractivity contribution in [3.05, 3.63) is 0 Å². The quantitative estimate of drug-likeness (QED) is 0.728. The van der Waals surface area contributed by atoms with Crippen LogP contribution in [0.4, 0.5) is 0 Å². The molecule has 2 unspecified atom stereocenters. The summed E-state index contributed by atoms with van der Waals surface area (Å²) in [6.07, 6.45) is 5.32. The van der Waals surface area contributed by atoms with Crippen LogP contribution in [0.5, 0.6) is 0 Å². The molecule has 0 amide bonds. The minimum absolute atomic E-state index is 0.0833. The number of aliphatic carboxylic acids is 1. The van der Waals surface area contributed by atoms with Crippen LogP contribution in [0.2, 0.25) is 0 Å². The standard InChI is InChI=1S/C12H23NO3/c1-2-6-12(9-13,11(14)15)8-10-5-3-4-7-16-10/h10H,2-9,13H2,1H3,(H,14,15). The molecule has 1 heterocycles. The first-order chi connectivity index (χ1) is 7.64. The minimum atomic E-state index is -0.781. The number of nitrogens with two attached hydrogens (primary N) is 1. The van der Waals surface area contributed by atoms with E-state index in [1.807, 2.05) is 6.92 Å². The van der Waals surface area contributed by atoms with Crippen LogP contribution in [0.15, 0.2) is 0 Å². The van der Waals surface area contributed by atoms with Crippen molar-refractivity contribution in [2.75, 3.05) is 13.2 Å². The molecule has 3 N–H and O–H groups in total. The molecule has 0 spiro atoms. The van der Waals surface area contributed by atoms with Gasteiger partial charge in [0.15, 0.2) is 0 Å². The third-order valence-corrected chi connectivity index (χ3v) is 3.47. The average molecular weight is 229 g/mol. The van der Waals surface area contributed by atoms with E-state index in [2.05, 4.69) is 0 Å². The summed E-state index contributed by atoms with van der Waals surface area (Å²) in [7, 11) is 0. The van der Waals surface area contributed by atoms with Crippen LogP contribution < -0.4 is 5.73 Å². The second-order valence-electron chi connectivity index (χ2n) is 4.73. The van der Waals surface area contributed by atoms with Crippen molar-refractivity contribution in [1.29, 1.82) is 0 Å². The molecular weight excluding hydrogens is 206 g/mol. The molecule has 1 fully saturated rings. The Kier molecular flexibility index (Phi) is 5.22. The van der Waals surface area contributed by atoms with Crippen LogP contribution in [0, 0.1) is 5.41 Å². The first-order valence-electron chi connectivity index (χ1n) is 6.19. The van der Waals surface area contributed by atoms with Gasteiger partial charge in [0.05, 0.1) is 11.5 Å². The number of rotatable bonds is 6. The fourth-order valence-electron chi connectivity index (χ4n) is 2.45. The molecule has 0 aliphatic carbocycles. The monoisotopic (exact) mass is 229 g/mol. The van der Waals surface area contributed by atoms with Crippen molar-refractivity contribution in [1.82, 2.24) is 0 Å². The Morgan fingerprint density at radius 2 is 2.31 bits per heavy atom. The molecule has 16 heavy (non-hydrogen) atoms. The molecule has 1 aliphatic rings. The van der Waals surface area contributed by atoms with Gasteiger partial charge in [-0.25, -0.2) is 0 Å². The fraction of sp³-hybridized carbons (Fsp3) is 0.917. The maximum absolute atomic E-state index is 11.4. The molecule has 2 atom stereocenters. The molecule has 0 radical (unpaired) electrons. The Bertz CT molecular complexity index is 226. The molecule has 1 rings (SSSR count). The van der Waals surface area contributed by atoms with Crippen molar-refractivity contribution >= 4 is 5.97 Å². The number of carboxylic acid groups (broad SMARTS) is 1. The normalized spacial score (nSPS) is 25.0. The van der Waals surface area contributed by atoms with Gasteiger partial charge >= 0.3 is 5.97 Å². The van der Waals surface area contributed by atoms with E-state index in [1.54, 1.807) is 0 Å². The third-order valence-electron chi connectivity index (χ3n) is 3.47. The second-order valence-corrected chi connectivity index (χ2v) is 4.73. The number of ether oxygens (including phenoxy) is 1. The molecular formula is C12H23NO3. The Balaban J connectivity index is 2.63.